The van der Waals surface area contributed by atoms with Crippen LogP contribution in [0.4, 0.5) is 0 Å². The number of piperazine rings is 1. The third-order valence-electron chi connectivity index (χ3n) is 5.43. The first-order chi connectivity index (χ1) is 13.2. The second-order valence-corrected chi connectivity index (χ2v) is 10.3. The first kappa shape index (κ1) is 21.3. The van der Waals surface area contributed by atoms with Crippen LogP contribution in [0, 0.1) is 13.8 Å². The first-order valence-corrected chi connectivity index (χ1v) is 11.4. The van der Waals surface area contributed by atoms with Crippen LogP contribution in [0.2, 0.25) is 5.02 Å². The van der Waals surface area contributed by atoms with Crippen molar-refractivity contribution in [2.45, 2.75) is 32.0 Å². The molecule has 0 atom stereocenters. The fraction of sp³-hybridized carbons (Fsp3) is 0.526. The molecule has 28 heavy (non-hydrogen) atoms. The van der Waals surface area contributed by atoms with Crippen LogP contribution < -0.4 is 9.80 Å². The summed E-state index contributed by atoms with van der Waals surface area (Å²) in [4.78, 5) is 3.31. The molecular formula is C19H30ClN5O2S+2. The lowest BCUT2D eigenvalue weighted by Crippen LogP contribution is -3.27. The van der Waals surface area contributed by atoms with E-state index in [1.165, 1.54) is 14.8 Å². The molecule has 1 aromatic carbocycles. The Morgan fingerprint density at radius 3 is 2.39 bits per heavy atom. The average Bonchev–Trinajstić information content (AvgIpc) is 2.90. The Hall–Kier alpha value is -1.45. The summed E-state index contributed by atoms with van der Waals surface area (Å²) < 4.78 is 28.2. The first-order valence-electron chi connectivity index (χ1n) is 9.56. The lowest BCUT2D eigenvalue weighted by molar-refractivity contribution is -1.03. The van der Waals surface area contributed by atoms with Crippen LogP contribution in [-0.4, -0.2) is 62.8 Å². The van der Waals surface area contributed by atoms with Crippen molar-refractivity contribution in [2.24, 2.45) is 0 Å². The Labute approximate surface area is 172 Å². The van der Waals surface area contributed by atoms with Gasteiger partial charge in [0.25, 0.3) is 0 Å². The standard InChI is InChI=1S/C19H28ClN5O2S/c1-15-19(28(26,27)22(3)4)16(2)25(21-15)14-24-10-8-23(9-11-24)13-17-6-5-7-18(20)12-17/h5-7,12H,8-11,13-14H2,1-4H3/p+2. The Morgan fingerprint density at radius 1 is 1.14 bits per heavy atom. The van der Waals surface area contributed by atoms with Crippen molar-refractivity contribution in [3.05, 3.63) is 46.2 Å². The quantitative estimate of drug-likeness (QED) is 0.643. The van der Waals surface area contributed by atoms with E-state index in [4.69, 9.17) is 11.6 Å². The zero-order chi connectivity index (χ0) is 20.5. The van der Waals surface area contributed by atoms with Gasteiger partial charge in [-0.3, -0.25) is 0 Å². The van der Waals surface area contributed by atoms with E-state index in [1.54, 1.807) is 25.9 Å². The summed E-state index contributed by atoms with van der Waals surface area (Å²) in [6, 6.07) is 8.07. The summed E-state index contributed by atoms with van der Waals surface area (Å²) in [6.07, 6.45) is 0. The lowest BCUT2D eigenvalue weighted by Gasteiger charge is -2.29. The van der Waals surface area contributed by atoms with Gasteiger partial charge in [-0.15, -0.1) is 0 Å². The van der Waals surface area contributed by atoms with Crippen molar-refractivity contribution in [1.82, 2.24) is 14.1 Å². The van der Waals surface area contributed by atoms with Crippen LogP contribution in [0.1, 0.15) is 17.0 Å². The molecule has 3 rings (SSSR count). The highest BCUT2D eigenvalue weighted by atomic mass is 35.5. The van der Waals surface area contributed by atoms with Crippen LogP contribution in [0.25, 0.3) is 0 Å². The second kappa shape index (κ2) is 8.51. The van der Waals surface area contributed by atoms with Crippen LogP contribution in [0.5, 0.6) is 0 Å². The Balaban J connectivity index is 1.62. The largest absolute Gasteiger partial charge is 0.322 e. The molecule has 0 aliphatic carbocycles. The monoisotopic (exact) mass is 427 g/mol. The van der Waals surface area contributed by atoms with Gasteiger partial charge in [-0.05, 0) is 26.0 Å². The van der Waals surface area contributed by atoms with Gasteiger partial charge in [0.05, 0.1) is 11.4 Å². The Morgan fingerprint density at radius 2 is 1.79 bits per heavy atom. The molecule has 0 amide bonds. The van der Waals surface area contributed by atoms with E-state index in [0.29, 0.717) is 23.0 Å². The van der Waals surface area contributed by atoms with Gasteiger partial charge in [0.15, 0.2) is 6.67 Å². The molecular weight excluding hydrogens is 398 g/mol. The van der Waals surface area contributed by atoms with Gasteiger partial charge >= 0.3 is 0 Å². The minimum absolute atomic E-state index is 0.335. The number of hydrogen-bond acceptors (Lipinski definition) is 3. The number of nitrogens with zero attached hydrogens (tertiary/aromatic N) is 3. The predicted octanol–water partition coefficient (Wildman–Crippen LogP) is -0.655. The summed E-state index contributed by atoms with van der Waals surface area (Å²) in [7, 11) is -0.371. The molecule has 154 valence electrons. The summed E-state index contributed by atoms with van der Waals surface area (Å²) in [5.41, 5.74) is 2.55. The SMILES string of the molecule is Cc1nn(C[NH+]2CC[NH+](Cc3cccc(Cl)c3)CC2)c(C)c1S(=O)(=O)N(C)C. The minimum atomic E-state index is -3.48. The van der Waals surface area contributed by atoms with Crippen LogP contribution in [0.3, 0.4) is 0 Å². The van der Waals surface area contributed by atoms with Gasteiger partial charge in [0.2, 0.25) is 10.0 Å². The zero-order valence-corrected chi connectivity index (χ0v) is 18.6. The molecule has 9 heteroatoms. The minimum Gasteiger partial charge on any atom is -0.322 e. The summed E-state index contributed by atoms with van der Waals surface area (Å²) in [6.45, 7) is 9.50. The van der Waals surface area contributed by atoms with E-state index < -0.39 is 10.0 Å². The Bertz CT molecular complexity index is 934. The fourth-order valence-corrected chi connectivity index (χ4v) is 5.30. The molecule has 0 radical (unpaired) electrons. The number of hydrogen-bond donors (Lipinski definition) is 2. The van der Waals surface area contributed by atoms with Gasteiger partial charge in [0.1, 0.15) is 37.6 Å². The highest BCUT2D eigenvalue weighted by molar-refractivity contribution is 7.89. The number of sulfonamides is 1. The third-order valence-corrected chi connectivity index (χ3v) is 7.74. The van der Waals surface area contributed by atoms with Crippen molar-refractivity contribution in [3.8, 4) is 0 Å². The van der Waals surface area contributed by atoms with Crippen LogP contribution in [-0.2, 0) is 23.2 Å². The number of benzene rings is 1. The number of aromatic nitrogens is 2. The number of aryl methyl sites for hydroxylation is 1. The molecule has 0 saturated carbocycles. The van der Waals surface area contributed by atoms with Crippen LogP contribution >= 0.6 is 11.6 Å². The topological polar surface area (TPSA) is 64.1 Å². The van der Waals surface area contributed by atoms with Gasteiger partial charge in [-0.25, -0.2) is 17.4 Å². The summed E-state index contributed by atoms with van der Waals surface area (Å²) in [5.74, 6) is 0. The summed E-state index contributed by atoms with van der Waals surface area (Å²) in [5, 5.41) is 5.30. The smallest absolute Gasteiger partial charge is 0.246 e. The molecule has 2 N–H and O–H groups in total. The molecule has 1 aromatic heterocycles. The van der Waals surface area contributed by atoms with Crippen molar-refractivity contribution in [2.75, 3.05) is 40.3 Å². The maximum Gasteiger partial charge on any atom is 0.246 e. The van der Waals surface area contributed by atoms with Gasteiger partial charge in [0, 0.05) is 24.7 Å². The van der Waals surface area contributed by atoms with E-state index >= 15 is 0 Å². The molecule has 1 saturated heterocycles. The second-order valence-electron chi connectivity index (χ2n) is 7.75. The Kier molecular flexibility index (Phi) is 6.46. The highest BCUT2D eigenvalue weighted by Crippen LogP contribution is 2.21. The van der Waals surface area contributed by atoms with Crippen molar-refractivity contribution < 1.29 is 18.2 Å². The van der Waals surface area contributed by atoms with Crippen molar-refractivity contribution in [3.63, 3.8) is 0 Å². The number of quaternary nitrogens is 2. The highest BCUT2D eigenvalue weighted by Gasteiger charge is 2.29. The average molecular weight is 428 g/mol. The lowest BCUT2D eigenvalue weighted by atomic mass is 10.2. The summed E-state index contributed by atoms with van der Waals surface area (Å²) >= 11 is 6.09. The van der Waals surface area contributed by atoms with E-state index in [1.807, 2.05) is 29.8 Å². The van der Waals surface area contributed by atoms with Gasteiger partial charge < -0.3 is 9.80 Å². The van der Waals surface area contributed by atoms with E-state index in [-0.39, 0.29) is 0 Å². The van der Waals surface area contributed by atoms with Gasteiger partial charge in [-0.2, -0.15) is 5.10 Å². The number of rotatable bonds is 6. The van der Waals surface area contributed by atoms with Crippen molar-refractivity contribution in [1.29, 1.82) is 0 Å². The molecule has 0 spiro atoms. The molecule has 1 fully saturated rings. The molecule has 1 aliphatic heterocycles. The number of halogens is 1. The molecule has 2 aromatic rings. The molecule has 2 heterocycles. The molecule has 0 bridgehead atoms. The molecule has 1 aliphatic rings. The van der Waals surface area contributed by atoms with E-state index in [0.717, 1.165) is 37.7 Å². The van der Waals surface area contributed by atoms with E-state index in [9.17, 15) is 8.42 Å². The maximum atomic E-state index is 12.6. The maximum absolute atomic E-state index is 12.6. The molecule has 0 unspecified atom stereocenters. The number of nitrogens with one attached hydrogen (secondary N) is 2. The van der Waals surface area contributed by atoms with E-state index in [2.05, 4.69) is 11.2 Å². The zero-order valence-electron chi connectivity index (χ0n) is 17.0. The molecule has 7 nitrogen and oxygen atoms in total. The van der Waals surface area contributed by atoms with Crippen molar-refractivity contribution >= 4 is 21.6 Å². The normalized spacial score (nSPS) is 20.6. The fourth-order valence-electron chi connectivity index (χ4n) is 3.83. The third kappa shape index (κ3) is 4.58. The van der Waals surface area contributed by atoms with Crippen LogP contribution in [0.15, 0.2) is 29.2 Å². The predicted molar refractivity (Wildman–Crippen MR) is 109 cm³/mol. The van der Waals surface area contributed by atoms with Gasteiger partial charge in [-0.1, -0.05) is 23.7 Å².